The number of nitrogens with zero attached hydrogens (tertiary/aromatic N) is 5. The third-order valence-corrected chi connectivity index (χ3v) is 7.92. The molecule has 3 atom stereocenters. The van der Waals surface area contributed by atoms with Crippen LogP contribution in [-0.4, -0.2) is 122 Å². The number of rotatable bonds is 1. The fourth-order valence-electron chi connectivity index (χ4n) is 5.44. The molecule has 4 heterocycles. The monoisotopic (exact) mass is 777 g/mol. The van der Waals surface area contributed by atoms with E-state index in [1.165, 1.54) is 15.4 Å². The number of nitrogens with one attached hydrogen (secondary N) is 1. The number of hydrogen-bond acceptors (Lipinski definition) is 10. The summed E-state index contributed by atoms with van der Waals surface area (Å²) in [6.45, 7) is 23.3. The first-order valence-electron chi connectivity index (χ1n) is 18.0. The average molecular weight is 777 g/mol. The quantitative estimate of drug-likeness (QED) is 0.171. The van der Waals surface area contributed by atoms with Crippen LogP contribution in [0.4, 0.5) is 14.4 Å². The maximum atomic E-state index is 12.0. The Morgan fingerprint density at radius 3 is 1.60 bits per heavy atom. The number of carbonyl (C=O) groups excluding carboxylic acids is 5. The molecule has 1 N–H and O–H groups in total. The number of hydrogen-bond donors (Lipinski definition) is 1. The Labute approximate surface area is 331 Å². The van der Waals surface area contributed by atoms with Crippen molar-refractivity contribution >= 4 is 29.8 Å². The Morgan fingerprint density at radius 2 is 1.16 bits per heavy atom. The zero-order valence-corrected chi connectivity index (χ0v) is 34.5. The molecule has 3 aliphatic rings. The number of piperidine rings is 2. The minimum atomic E-state index is -0.542. The Balaban J connectivity index is 0. The number of carbonyl (C=O) groups is 5. The maximum Gasteiger partial charge on any atom is 0.410 e. The highest BCUT2D eigenvalue weighted by molar-refractivity contribution is 5.99. The van der Waals surface area contributed by atoms with Gasteiger partial charge >= 0.3 is 18.3 Å². The van der Waals surface area contributed by atoms with Gasteiger partial charge in [0.2, 0.25) is 0 Å². The number of H-pyrrole nitrogens is 1. The minimum Gasteiger partial charge on any atom is -0.444 e. The van der Waals surface area contributed by atoms with Gasteiger partial charge in [-0.3, -0.25) is 29.4 Å². The number of amides is 3. The Hall–Kier alpha value is -4.54. The number of likely N-dealkylation sites (tertiary alicyclic amines) is 2. The van der Waals surface area contributed by atoms with Crippen LogP contribution in [0.2, 0.25) is 0 Å². The van der Waals surface area contributed by atoms with E-state index < -0.39 is 22.9 Å². The Bertz CT molecular complexity index is 1460. The molecule has 3 amide bonds. The van der Waals surface area contributed by atoms with Crippen molar-refractivity contribution in [3.8, 4) is 12.8 Å². The first-order valence-corrected chi connectivity index (χ1v) is 18.0. The van der Waals surface area contributed by atoms with E-state index in [-0.39, 0.29) is 69.8 Å². The summed E-state index contributed by atoms with van der Waals surface area (Å²) in [5.41, 5.74) is 1.46. The minimum absolute atomic E-state index is 0. The van der Waals surface area contributed by atoms with Gasteiger partial charge in [-0.15, -0.1) is 12.8 Å². The highest BCUT2D eigenvalue weighted by Crippen LogP contribution is 2.24. The number of aromatic amines is 1. The summed E-state index contributed by atoms with van der Waals surface area (Å²) in [5.74, 6) is 0.0941. The topological polar surface area (TPSA) is 155 Å². The lowest BCUT2D eigenvalue weighted by atomic mass is 9.97. The first kappa shape index (κ1) is 52.6. The fourth-order valence-corrected chi connectivity index (χ4v) is 5.44. The van der Waals surface area contributed by atoms with Crippen LogP contribution in [0.5, 0.6) is 0 Å². The zero-order valence-electron chi connectivity index (χ0n) is 34.5. The highest BCUT2D eigenvalue weighted by Gasteiger charge is 2.34. The SMILES string of the molecule is C.C.C#C.CC1C/C(=C\N(C)C)C(=O)CN1C(=O)OC(C)(C)C.CC1CCC(=O)CN1C(=O)OC(C)(C)C.CC1Cc2cn[nH]c2CN1C(=O)OC(C)(C)C. The van der Waals surface area contributed by atoms with Crippen molar-refractivity contribution in [1.29, 1.82) is 0 Å². The molecule has 0 aromatic carbocycles. The molecule has 0 radical (unpaired) electrons. The van der Waals surface area contributed by atoms with Gasteiger partial charge in [0.25, 0.3) is 0 Å². The molecule has 1 aromatic rings. The van der Waals surface area contributed by atoms with Crippen molar-refractivity contribution in [1.82, 2.24) is 29.8 Å². The van der Waals surface area contributed by atoms with E-state index in [2.05, 4.69) is 23.0 Å². The van der Waals surface area contributed by atoms with Gasteiger partial charge in [-0.1, -0.05) is 14.9 Å². The molecular weight excluding hydrogens is 704 g/mol. The van der Waals surface area contributed by atoms with Crippen LogP contribution < -0.4 is 0 Å². The van der Waals surface area contributed by atoms with Crippen molar-refractivity contribution in [2.75, 3.05) is 27.2 Å². The predicted octanol–water partition coefficient (Wildman–Crippen LogP) is 7.62. The van der Waals surface area contributed by atoms with Crippen LogP contribution in [-0.2, 0) is 36.8 Å². The lowest BCUT2D eigenvalue weighted by Gasteiger charge is -2.35. The third kappa shape index (κ3) is 18.6. The van der Waals surface area contributed by atoms with E-state index in [4.69, 9.17) is 14.2 Å². The van der Waals surface area contributed by atoms with Gasteiger partial charge in [-0.25, -0.2) is 14.4 Å². The molecule has 1 aromatic heterocycles. The van der Waals surface area contributed by atoms with Gasteiger partial charge in [-0.05, 0) is 108 Å². The van der Waals surface area contributed by atoms with Crippen molar-refractivity contribution in [2.45, 2.75) is 165 Å². The molecule has 0 spiro atoms. The molecule has 0 bridgehead atoms. The Morgan fingerprint density at radius 1 is 0.745 bits per heavy atom. The van der Waals surface area contributed by atoms with Crippen molar-refractivity contribution < 1.29 is 38.2 Å². The summed E-state index contributed by atoms with van der Waals surface area (Å²) in [6.07, 6.45) is 13.3. The standard InChI is InChI=1S/C14H24N2O3.C12H19N3O2.C11H19NO3.C2H2.2CH4/c1-10-7-11(8-15(5)6)12(17)9-16(10)13(18)19-14(2,3)4;1-8-5-9-6-13-14-10(9)7-15(8)11(16)17-12(2,3)4;1-8-5-6-9(13)7-12(8)10(14)15-11(2,3)4;1-2;;/h8,10H,7,9H2,1-6H3;6,8H,5,7H2,1-4H3,(H,13,14);8H,5-7H2,1-4H3;1-2H;2*1H4/b11-8+;;;;;. The molecule has 4 rings (SSSR count). The number of ketones is 2. The molecule has 0 aliphatic carbocycles. The van der Waals surface area contributed by atoms with E-state index in [1.54, 1.807) is 4.90 Å². The molecule has 14 nitrogen and oxygen atoms in total. The second kappa shape index (κ2) is 22.1. The van der Waals surface area contributed by atoms with E-state index in [1.807, 2.05) is 114 Å². The summed E-state index contributed by atoms with van der Waals surface area (Å²) in [6, 6.07) is 0.214. The maximum absolute atomic E-state index is 12.0. The number of Topliss-reactive ketones (excluding diaryl/α,β-unsaturated/α-hetero) is 2. The third-order valence-electron chi connectivity index (χ3n) is 7.92. The molecule has 14 heteroatoms. The molecule has 3 unspecified atom stereocenters. The van der Waals surface area contributed by atoms with Crippen molar-refractivity contribution in [3.63, 3.8) is 0 Å². The number of terminal acetylenes is 1. The van der Waals surface area contributed by atoms with E-state index >= 15 is 0 Å². The normalized spacial score (nSPS) is 20.3. The van der Waals surface area contributed by atoms with Gasteiger partial charge < -0.3 is 19.1 Å². The van der Waals surface area contributed by atoms with Crippen LogP contribution in [0.1, 0.15) is 128 Å². The number of aromatic nitrogens is 2. The van der Waals surface area contributed by atoms with E-state index in [0.29, 0.717) is 19.4 Å². The summed E-state index contributed by atoms with van der Waals surface area (Å²) in [5, 5.41) is 6.93. The molecule has 0 saturated carbocycles. The van der Waals surface area contributed by atoms with E-state index in [9.17, 15) is 24.0 Å². The van der Waals surface area contributed by atoms with E-state index in [0.717, 1.165) is 24.1 Å². The van der Waals surface area contributed by atoms with Gasteiger partial charge in [0.05, 0.1) is 31.5 Å². The second-order valence-corrected chi connectivity index (χ2v) is 16.8. The Kier molecular flexibility index (Phi) is 21.1. The predicted molar refractivity (Wildman–Crippen MR) is 217 cm³/mol. The number of fused-ring (bicyclic) bond motifs is 1. The average Bonchev–Trinajstić information content (AvgIpc) is 3.45. The lowest BCUT2D eigenvalue weighted by molar-refractivity contribution is -0.123. The van der Waals surface area contributed by atoms with Gasteiger partial charge in [-0.2, -0.15) is 5.10 Å². The summed E-state index contributed by atoms with van der Waals surface area (Å²) >= 11 is 0. The van der Waals surface area contributed by atoms with Crippen molar-refractivity contribution in [3.05, 3.63) is 29.2 Å². The highest BCUT2D eigenvalue weighted by atomic mass is 16.6. The van der Waals surface area contributed by atoms with Crippen LogP contribution >= 0.6 is 0 Å². The van der Waals surface area contributed by atoms with Gasteiger partial charge in [0.15, 0.2) is 11.6 Å². The molecule has 2 saturated heterocycles. The van der Waals surface area contributed by atoms with Crippen LogP contribution in [0.3, 0.4) is 0 Å². The smallest absolute Gasteiger partial charge is 0.410 e. The van der Waals surface area contributed by atoms with Crippen LogP contribution in [0.25, 0.3) is 0 Å². The van der Waals surface area contributed by atoms with Crippen molar-refractivity contribution in [2.24, 2.45) is 0 Å². The molecule has 314 valence electrons. The summed E-state index contributed by atoms with van der Waals surface area (Å²) in [7, 11) is 3.76. The first-order chi connectivity index (χ1) is 24.3. The second-order valence-electron chi connectivity index (χ2n) is 16.8. The van der Waals surface area contributed by atoms with Crippen LogP contribution in [0, 0.1) is 12.8 Å². The van der Waals surface area contributed by atoms with Gasteiger partial charge in [0.1, 0.15) is 16.8 Å². The largest absolute Gasteiger partial charge is 0.444 e. The molecular formula is C41H72N6O8. The van der Waals surface area contributed by atoms with Crippen LogP contribution in [0.15, 0.2) is 18.0 Å². The zero-order chi connectivity index (χ0) is 41.1. The fraction of sp³-hybridized carbons (Fsp3) is 0.707. The van der Waals surface area contributed by atoms with Gasteiger partial charge in [0, 0.05) is 50.4 Å². The molecule has 2 fully saturated rings. The summed E-state index contributed by atoms with van der Waals surface area (Å²) in [4.78, 5) is 65.6. The summed E-state index contributed by atoms with van der Waals surface area (Å²) < 4.78 is 15.9. The lowest BCUT2D eigenvalue weighted by Crippen LogP contribution is -2.48. The molecule has 55 heavy (non-hydrogen) atoms. The number of ether oxygens (including phenoxy) is 3. The molecule has 3 aliphatic heterocycles.